The van der Waals surface area contributed by atoms with Gasteiger partial charge in [-0.15, -0.1) is 0 Å². The van der Waals surface area contributed by atoms with Crippen molar-refractivity contribution in [2.75, 3.05) is 13.2 Å². The molecule has 4 saturated carbocycles. The Labute approximate surface area is 183 Å². The van der Waals surface area contributed by atoms with Gasteiger partial charge >= 0.3 is 0 Å². The van der Waals surface area contributed by atoms with Gasteiger partial charge in [0, 0.05) is 23.4 Å². The summed E-state index contributed by atoms with van der Waals surface area (Å²) in [5, 5.41) is 11.0. The highest BCUT2D eigenvalue weighted by Crippen LogP contribution is 2.73. The molecule has 0 amide bonds. The highest BCUT2D eigenvalue weighted by molar-refractivity contribution is 5.80. The highest BCUT2D eigenvalue weighted by Gasteiger charge is 2.71. The minimum Gasteiger partial charge on any atom is -0.390 e. The first-order valence-electron chi connectivity index (χ1n) is 12.3. The Kier molecular flexibility index (Phi) is 5.34. The van der Waals surface area contributed by atoms with Gasteiger partial charge in [0.15, 0.2) is 0 Å². The fraction of sp³-hybridized carbons (Fsp3) is 0.923. The molecule has 170 valence electrons. The predicted molar refractivity (Wildman–Crippen MR) is 121 cm³/mol. The van der Waals surface area contributed by atoms with Crippen LogP contribution in [0.25, 0.3) is 0 Å². The third kappa shape index (κ3) is 2.78. The average Bonchev–Trinajstić information content (AvgIpc) is 2.99. The van der Waals surface area contributed by atoms with E-state index in [-0.39, 0.29) is 27.7 Å². The van der Waals surface area contributed by atoms with Gasteiger partial charge in [-0.3, -0.25) is 9.79 Å². The Bertz CT molecular complexity index is 719. The number of nitrogens with zero attached hydrogens (tertiary/aromatic N) is 1. The zero-order valence-electron chi connectivity index (χ0n) is 19.9. The number of carbonyl (C=O) groups excluding carboxylic acids is 1. The van der Waals surface area contributed by atoms with Crippen LogP contribution in [-0.4, -0.2) is 42.0 Å². The lowest BCUT2D eigenvalue weighted by Gasteiger charge is -2.68. The molecule has 4 aliphatic carbocycles. The van der Waals surface area contributed by atoms with Crippen LogP contribution >= 0.6 is 0 Å². The molecule has 30 heavy (non-hydrogen) atoms. The normalized spacial score (nSPS) is 52.8. The molecule has 0 bridgehead atoms. The number of aliphatic hydroxyl groups is 1. The molecular formula is C26H43NO3. The SMILES string of the molecule is C=N[C@@]12CC[C@H](C(C)=O)[C@@]1(C)CC[C@H]1[C@H]2CCC2(C)C[C@](C)(O)CC[C@]12COCC. The van der Waals surface area contributed by atoms with Gasteiger partial charge in [0.1, 0.15) is 5.78 Å². The molecule has 0 saturated heterocycles. The average molecular weight is 418 g/mol. The smallest absolute Gasteiger partial charge is 0.133 e. The van der Waals surface area contributed by atoms with E-state index in [0.717, 1.165) is 71.0 Å². The number of fused-ring (bicyclic) bond motifs is 5. The summed E-state index contributed by atoms with van der Waals surface area (Å²) in [5.41, 5.74) is -0.668. The van der Waals surface area contributed by atoms with Gasteiger partial charge in [0.2, 0.25) is 0 Å². The first kappa shape index (κ1) is 22.5. The second-order valence-corrected chi connectivity index (χ2v) is 12.0. The van der Waals surface area contributed by atoms with Gasteiger partial charge in [-0.1, -0.05) is 13.8 Å². The molecule has 1 unspecified atom stereocenters. The van der Waals surface area contributed by atoms with Gasteiger partial charge in [-0.05, 0) is 103 Å². The number of carbonyl (C=O) groups is 1. The monoisotopic (exact) mass is 417 g/mol. The Morgan fingerprint density at radius 3 is 2.40 bits per heavy atom. The van der Waals surface area contributed by atoms with E-state index < -0.39 is 5.60 Å². The van der Waals surface area contributed by atoms with Gasteiger partial charge in [0.25, 0.3) is 0 Å². The number of rotatable bonds is 5. The standard InChI is InChI=1S/C26H43NO3/c1-7-30-17-25-15-14-23(4,29)16-22(25,3)11-8-21-20(25)9-12-24(5)19(18(2)28)10-13-26(21,24)27-6/h19-21,29H,6-17H2,1-5H3/t19-,20+,21-,22?,23-,24-,25+,26-/m1/s1. The molecule has 0 heterocycles. The van der Waals surface area contributed by atoms with Crippen molar-refractivity contribution in [2.45, 2.75) is 104 Å². The summed E-state index contributed by atoms with van der Waals surface area (Å²) in [6.45, 7) is 16.3. The van der Waals surface area contributed by atoms with E-state index in [9.17, 15) is 9.90 Å². The second-order valence-electron chi connectivity index (χ2n) is 12.0. The van der Waals surface area contributed by atoms with Crippen LogP contribution in [-0.2, 0) is 9.53 Å². The van der Waals surface area contributed by atoms with Crippen molar-refractivity contribution in [3.05, 3.63) is 0 Å². The lowest BCUT2D eigenvalue weighted by atomic mass is 9.37. The summed E-state index contributed by atoms with van der Waals surface area (Å²) in [5.74, 6) is 1.45. The number of hydrogen-bond donors (Lipinski definition) is 1. The van der Waals surface area contributed by atoms with Crippen LogP contribution in [0.15, 0.2) is 4.99 Å². The Morgan fingerprint density at radius 2 is 1.77 bits per heavy atom. The number of ketones is 1. The van der Waals surface area contributed by atoms with Crippen LogP contribution in [0.4, 0.5) is 0 Å². The van der Waals surface area contributed by atoms with Crippen LogP contribution in [0, 0.1) is 34.0 Å². The number of Topliss-reactive ketones (excluding diaryl/α,β-unsaturated/α-hetero) is 1. The van der Waals surface area contributed by atoms with Crippen LogP contribution in [0.2, 0.25) is 0 Å². The van der Waals surface area contributed by atoms with E-state index in [4.69, 9.17) is 9.73 Å². The summed E-state index contributed by atoms with van der Waals surface area (Å²) in [4.78, 5) is 17.5. The number of hydrogen-bond acceptors (Lipinski definition) is 4. The van der Waals surface area contributed by atoms with E-state index in [1.807, 2.05) is 6.92 Å². The summed E-state index contributed by atoms with van der Waals surface area (Å²) in [7, 11) is 0. The fourth-order valence-electron chi connectivity index (χ4n) is 9.37. The van der Waals surface area contributed by atoms with Crippen molar-refractivity contribution in [2.24, 2.45) is 39.0 Å². The maximum Gasteiger partial charge on any atom is 0.133 e. The van der Waals surface area contributed by atoms with Crippen molar-refractivity contribution in [1.29, 1.82) is 0 Å². The van der Waals surface area contributed by atoms with E-state index >= 15 is 0 Å². The molecule has 0 spiro atoms. The van der Waals surface area contributed by atoms with Crippen molar-refractivity contribution in [1.82, 2.24) is 0 Å². The Morgan fingerprint density at radius 1 is 1.07 bits per heavy atom. The van der Waals surface area contributed by atoms with Crippen LogP contribution in [0.5, 0.6) is 0 Å². The zero-order chi connectivity index (χ0) is 22.0. The Hall–Kier alpha value is -0.740. The third-order valence-corrected chi connectivity index (χ3v) is 10.8. The molecule has 4 rings (SSSR count). The molecule has 0 aromatic heterocycles. The second kappa shape index (κ2) is 7.13. The van der Waals surface area contributed by atoms with Crippen LogP contribution < -0.4 is 0 Å². The predicted octanol–water partition coefficient (Wildman–Crippen LogP) is 5.22. The summed E-state index contributed by atoms with van der Waals surface area (Å²) >= 11 is 0. The van der Waals surface area contributed by atoms with Gasteiger partial charge in [-0.25, -0.2) is 0 Å². The maximum atomic E-state index is 12.6. The molecule has 0 radical (unpaired) electrons. The first-order valence-corrected chi connectivity index (χ1v) is 12.3. The van der Waals surface area contributed by atoms with E-state index in [2.05, 4.69) is 27.5 Å². The van der Waals surface area contributed by atoms with E-state index in [0.29, 0.717) is 17.6 Å². The fourth-order valence-corrected chi connectivity index (χ4v) is 9.37. The quantitative estimate of drug-likeness (QED) is 0.624. The van der Waals surface area contributed by atoms with E-state index in [1.54, 1.807) is 6.92 Å². The van der Waals surface area contributed by atoms with Crippen molar-refractivity contribution < 1.29 is 14.6 Å². The molecule has 0 aromatic rings. The summed E-state index contributed by atoms with van der Waals surface area (Å²) in [6, 6.07) is 0. The van der Waals surface area contributed by atoms with Crippen LogP contribution in [0.1, 0.15) is 92.4 Å². The summed E-state index contributed by atoms with van der Waals surface area (Å²) < 4.78 is 6.20. The minimum absolute atomic E-state index is 0.0670. The molecule has 4 aliphatic rings. The highest BCUT2D eigenvalue weighted by atomic mass is 16.5. The number of ether oxygens (including phenoxy) is 1. The molecule has 4 fully saturated rings. The van der Waals surface area contributed by atoms with Gasteiger partial charge < -0.3 is 9.84 Å². The maximum absolute atomic E-state index is 12.6. The lowest BCUT2D eigenvalue weighted by Crippen LogP contribution is -2.66. The van der Waals surface area contributed by atoms with Crippen molar-refractivity contribution >= 4 is 12.5 Å². The molecule has 4 nitrogen and oxygen atoms in total. The Balaban J connectivity index is 1.78. The molecule has 0 aliphatic heterocycles. The van der Waals surface area contributed by atoms with Crippen molar-refractivity contribution in [3.63, 3.8) is 0 Å². The molecule has 1 N–H and O–H groups in total. The third-order valence-electron chi connectivity index (χ3n) is 10.8. The van der Waals surface area contributed by atoms with Crippen LogP contribution in [0.3, 0.4) is 0 Å². The van der Waals surface area contributed by atoms with E-state index in [1.165, 1.54) is 0 Å². The lowest BCUT2D eigenvalue weighted by molar-refractivity contribution is -0.220. The molecule has 8 atom stereocenters. The minimum atomic E-state index is -0.581. The van der Waals surface area contributed by atoms with Gasteiger partial charge in [-0.2, -0.15) is 0 Å². The zero-order valence-corrected chi connectivity index (χ0v) is 19.9. The summed E-state index contributed by atoms with van der Waals surface area (Å²) in [6.07, 6.45) is 9.12. The molecule has 0 aromatic carbocycles. The first-order chi connectivity index (χ1) is 14.0. The number of aliphatic imine (C=N–C) groups is 1. The van der Waals surface area contributed by atoms with Gasteiger partial charge in [0.05, 0.1) is 17.7 Å². The topological polar surface area (TPSA) is 58.9 Å². The molecule has 4 heteroatoms. The largest absolute Gasteiger partial charge is 0.390 e. The van der Waals surface area contributed by atoms with Crippen molar-refractivity contribution in [3.8, 4) is 0 Å². The molecular weight excluding hydrogens is 374 g/mol.